The van der Waals surface area contributed by atoms with Gasteiger partial charge in [0.05, 0.1) is 22.1 Å². The van der Waals surface area contributed by atoms with E-state index in [1.807, 2.05) is 54.6 Å². The number of H-pyrrole nitrogens is 1. The van der Waals surface area contributed by atoms with Crippen molar-refractivity contribution in [2.24, 2.45) is 10.2 Å². The van der Waals surface area contributed by atoms with Gasteiger partial charge in [0.1, 0.15) is 11.3 Å². The van der Waals surface area contributed by atoms with Gasteiger partial charge in [-0.15, -0.1) is 10.2 Å². The van der Waals surface area contributed by atoms with Crippen molar-refractivity contribution in [2.45, 2.75) is 0 Å². The monoisotopic (exact) mass is 468 g/mol. The average Bonchev–Trinajstić information content (AvgIpc) is 3.27. The van der Waals surface area contributed by atoms with Crippen molar-refractivity contribution in [1.29, 1.82) is 0 Å². The topological polar surface area (TPSA) is 79.1 Å². The lowest BCUT2D eigenvalue weighted by atomic mass is 10.1. The summed E-state index contributed by atoms with van der Waals surface area (Å²) in [7, 11) is 0. The molecule has 1 aliphatic carbocycles. The molecule has 0 amide bonds. The highest BCUT2D eigenvalue weighted by molar-refractivity contribution is 9.10. The number of hydrogen-bond donors (Lipinski definition) is 1. The molecule has 1 aliphatic rings. The van der Waals surface area contributed by atoms with E-state index >= 15 is 0 Å². The van der Waals surface area contributed by atoms with Gasteiger partial charge in [0.2, 0.25) is 0 Å². The zero-order chi connectivity index (χ0) is 21.1. The SMILES string of the molecule is O=C1C=C(N=Nc2c3cc(Br)ccc3n3c(=O)c4ccccc4[nH]c23)c2ccccc21. The van der Waals surface area contributed by atoms with Crippen molar-refractivity contribution in [3.63, 3.8) is 0 Å². The highest BCUT2D eigenvalue weighted by atomic mass is 79.9. The molecule has 0 unspecified atom stereocenters. The van der Waals surface area contributed by atoms with E-state index in [2.05, 4.69) is 31.1 Å². The molecule has 1 N–H and O–H groups in total. The van der Waals surface area contributed by atoms with Crippen molar-refractivity contribution < 1.29 is 4.79 Å². The lowest BCUT2D eigenvalue weighted by Gasteiger charge is -2.02. The molecular formula is C24H13BrN4O2. The van der Waals surface area contributed by atoms with E-state index in [0.29, 0.717) is 28.0 Å². The molecule has 2 aromatic heterocycles. The van der Waals surface area contributed by atoms with E-state index in [4.69, 9.17) is 0 Å². The molecule has 5 aromatic rings. The number of allylic oxidation sites excluding steroid dienone is 1. The molecule has 0 aliphatic heterocycles. The van der Waals surface area contributed by atoms with Crippen LogP contribution in [0.3, 0.4) is 0 Å². The molecule has 6 rings (SSSR count). The summed E-state index contributed by atoms with van der Waals surface area (Å²) in [5.41, 5.74) is 4.30. The number of ketones is 1. The standard InChI is InChI=1S/C24H13BrN4O2/c25-13-9-10-20-17(11-13)22(23-26-18-8-4-3-7-16(18)24(31)29(20)23)28-27-19-12-21(30)15-6-2-1-5-14(15)19/h1-12,26H. The summed E-state index contributed by atoms with van der Waals surface area (Å²) in [5, 5.41) is 10.3. The van der Waals surface area contributed by atoms with Gasteiger partial charge in [0.15, 0.2) is 5.78 Å². The molecule has 0 bridgehead atoms. The van der Waals surface area contributed by atoms with Gasteiger partial charge in [-0.25, -0.2) is 0 Å². The Bertz CT molecular complexity index is 1690. The maximum atomic E-state index is 13.3. The second kappa shape index (κ2) is 6.58. The third kappa shape index (κ3) is 2.63. The number of nitrogens with one attached hydrogen (secondary N) is 1. The van der Waals surface area contributed by atoms with Crippen LogP contribution in [0.25, 0.3) is 33.2 Å². The predicted molar refractivity (Wildman–Crippen MR) is 124 cm³/mol. The van der Waals surface area contributed by atoms with E-state index in [1.165, 1.54) is 6.08 Å². The maximum absolute atomic E-state index is 13.3. The number of carbonyl (C=O) groups excluding carboxylic acids is 1. The summed E-state index contributed by atoms with van der Waals surface area (Å²) in [6.07, 6.45) is 1.49. The molecule has 0 saturated heterocycles. The molecular weight excluding hydrogens is 456 g/mol. The number of aromatic amines is 1. The third-order valence-corrected chi connectivity index (χ3v) is 6.00. The number of azo groups is 1. The van der Waals surface area contributed by atoms with E-state index < -0.39 is 0 Å². The summed E-state index contributed by atoms with van der Waals surface area (Å²) < 4.78 is 2.49. The summed E-state index contributed by atoms with van der Waals surface area (Å²) in [5.74, 6) is -0.0849. The zero-order valence-corrected chi connectivity index (χ0v) is 17.6. The largest absolute Gasteiger partial charge is 0.339 e. The van der Waals surface area contributed by atoms with Gasteiger partial charge in [-0.05, 0) is 30.3 Å². The molecule has 0 atom stereocenters. The first-order chi connectivity index (χ1) is 15.1. The molecule has 6 nitrogen and oxygen atoms in total. The Morgan fingerprint density at radius 1 is 0.839 bits per heavy atom. The number of benzene rings is 3. The lowest BCUT2D eigenvalue weighted by molar-refractivity contribution is 0.105. The van der Waals surface area contributed by atoms with Crippen LogP contribution in [0, 0.1) is 0 Å². The Morgan fingerprint density at radius 2 is 1.61 bits per heavy atom. The molecule has 2 heterocycles. The smallest absolute Gasteiger partial charge is 0.266 e. The molecule has 3 aromatic carbocycles. The summed E-state index contributed by atoms with van der Waals surface area (Å²) >= 11 is 3.51. The van der Waals surface area contributed by atoms with E-state index in [0.717, 1.165) is 26.5 Å². The molecule has 0 saturated carbocycles. The molecule has 0 spiro atoms. The van der Waals surface area contributed by atoms with Crippen LogP contribution in [-0.2, 0) is 0 Å². The summed E-state index contributed by atoms with van der Waals surface area (Å²) in [4.78, 5) is 28.9. The fraction of sp³-hybridized carbons (Fsp3) is 0. The number of halogens is 1. The van der Waals surface area contributed by atoms with Gasteiger partial charge in [0, 0.05) is 27.1 Å². The summed E-state index contributed by atoms with van der Waals surface area (Å²) in [6, 6.07) is 20.4. The number of carbonyl (C=O) groups is 1. The number of rotatable bonds is 2. The van der Waals surface area contributed by atoms with Crippen molar-refractivity contribution in [1.82, 2.24) is 9.38 Å². The van der Waals surface area contributed by atoms with Crippen molar-refractivity contribution in [3.8, 4) is 0 Å². The first-order valence-corrected chi connectivity index (χ1v) is 10.4. The lowest BCUT2D eigenvalue weighted by Crippen LogP contribution is -2.13. The van der Waals surface area contributed by atoms with Gasteiger partial charge in [-0.1, -0.05) is 52.3 Å². The fourth-order valence-corrected chi connectivity index (χ4v) is 4.45. The van der Waals surface area contributed by atoms with Crippen molar-refractivity contribution >= 4 is 60.6 Å². The number of aromatic nitrogens is 2. The van der Waals surface area contributed by atoms with Gasteiger partial charge in [0.25, 0.3) is 5.56 Å². The van der Waals surface area contributed by atoms with Crippen LogP contribution in [0.4, 0.5) is 5.69 Å². The van der Waals surface area contributed by atoms with Gasteiger partial charge in [-0.2, -0.15) is 0 Å². The first kappa shape index (κ1) is 18.0. The van der Waals surface area contributed by atoms with E-state index in [9.17, 15) is 9.59 Å². The minimum atomic E-state index is -0.126. The Balaban J connectivity index is 1.65. The highest BCUT2D eigenvalue weighted by Gasteiger charge is 2.21. The molecule has 0 fully saturated rings. The van der Waals surface area contributed by atoms with Gasteiger partial charge >= 0.3 is 0 Å². The van der Waals surface area contributed by atoms with Crippen LogP contribution < -0.4 is 5.56 Å². The molecule has 7 heteroatoms. The van der Waals surface area contributed by atoms with Crippen LogP contribution in [0.2, 0.25) is 0 Å². The maximum Gasteiger partial charge on any atom is 0.266 e. The third-order valence-electron chi connectivity index (χ3n) is 5.51. The van der Waals surface area contributed by atoms with E-state index in [-0.39, 0.29) is 11.3 Å². The molecule has 31 heavy (non-hydrogen) atoms. The fourth-order valence-electron chi connectivity index (χ4n) is 4.09. The van der Waals surface area contributed by atoms with Crippen molar-refractivity contribution in [3.05, 3.63) is 98.8 Å². The first-order valence-electron chi connectivity index (χ1n) is 9.64. The Labute approximate surface area is 183 Å². The summed E-state index contributed by atoms with van der Waals surface area (Å²) in [6.45, 7) is 0. The second-order valence-electron chi connectivity index (χ2n) is 7.31. The van der Waals surface area contributed by atoms with Crippen molar-refractivity contribution in [2.75, 3.05) is 0 Å². The normalized spacial score (nSPS) is 13.6. The van der Waals surface area contributed by atoms with Gasteiger partial charge in [-0.3, -0.25) is 14.0 Å². The predicted octanol–water partition coefficient (Wildman–Crippen LogP) is 6.02. The van der Waals surface area contributed by atoms with E-state index in [1.54, 1.807) is 16.5 Å². The van der Waals surface area contributed by atoms with Gasteiger partial charge < -0.3 is 4.98 Å². The van der Waals surface area contributed by atoms with Crippen LogP contribution in [0.1, 0.15) is 15.9 Å². The molecule has 0 radical (unpaired) electrons. The minimum Gasteiger partial charge on any atom is -0.339 e. The minimum absolute atomic E-state index is 0.0849. The number of hydrogen-bond acceptors (Lipinski definition) is 4. The zero-order valence-electron chi connectivity index (χ0n) is 16.0. The Kier molecular flexibility index (Phi) is 3.82. The Morgan fingerprint density at radius 3 is 2.48 bits per heavy atom. The quantitative estimate of drug-likeness (QED) is 0.321. The Hall–Kier alpha value is -3.84. The van der Waals surface area contributed by atoms with Crippen LogP contribution in [0.5, 0.6) is 0 Å². The number of para-hydroxylation sites is 1. The van der Waals surface area contributed by atoms with Crippen LogP contribution in [-0.4, -0.2) is 15.2 Å². The van der Waals surface area contributed by atoms with Crippen LogP contribution in [0.15, 0.2) is 92.3 Å². The number of nitrogens with zero attached hydrogens (tertiary/aromatic N) is 3. The second-order valence-corrected chi connectivity index (χ2v) is 8.22. The molecule has 148 valence electrons. The highest BCUT2D eigenvalue weighted by Crippen LogP contribution is 2.36. The van der Waals surface area contributed by atoms with Crippen LogP contribution >= 0.6 is 15.9 Å². The average molecular weight is 469 g/mol. The number of fused-ring (bicyclic) bond motifs is 5.